The van der Waals surface area contributed by atoms with Crippen molar-refractivity contribution in [2.75, 3.05) is 6.61 Å². The third kappa shape index (κ3) is 2.07. The molecule has 0 saturated heterocycles. The molecule has 0 saturated carbocycles. The number of carboxylic acid groups (broad SMARTS) is 1. The van der Waals surface area contributed by atoms with Gasteiger partial charge in [0.05, 0.1) is 5.69 Å². The first-order chi connectivity index (χ1) is 8.19. The van der Waals surface area contributed by atoms with E-state index in [4.69, 9.17) is 4.74 Å². The van der Waals surface area contributed by atoms with E-state index in [9.17, 15) is 9.90 Å². The van der Waals surface area contributed by atoms with Gasteiger partial charge in [0, 0.05) is 13.2 Å². The summed E-state index contributed by atoms with van der Waals surface area (Å²) in [5.74, 6) is -0.106. The van der Waals surface area contributed by atoms with Gasteiger partial charge >= 0.3 is 5.97 Å². The van der Waals surface area contributed by atoms with E-state index in [2.05, 4.69) is 4.98 Å². The minimum absolute atomic E-state index is 0.0489. The lowest BCUT2D eigenvalue weighted by Crippen LogP contribution is -2.21. The Morgan fingerprint density at radius 3 is 2.94 bits per heavy atom. The number of carboxylic acids is 1. The average Bonchev–Trinajstić information content (AvgIpc) is 2.69. The Hall–Kier alpha value is -1.36. The number of hydrogen-bond donors (Lipinski definition) is 1. The molecule has 1 aliphatic heterocycles. The van der Waals surface area contributed by atoms with E-state index in [0.717, 1.165) is 25.2 Å². The topological polar surface area (TPSA) is 64.4 Å². The fraction of sp³-hybridized carbons (Fsp3) is 0.667. The monoisotopic (exact) mass is 238 g/mol. The minimum atomic E-state index is -0.891. The molecule has 2 heterocycles. The molecule has 0 bridgehead atoms. The first kappa shape index (κ1) is 12.1. The van der Waals surface area contributed by atoms with Crippen LogP contribution in [0.25, 0.3) is 0 Å². The molecule has 1 unspecified atom stereocenters. The van der Waals surface area contributed by atoms with Gasteiger partial charge in [-0.05, 0) is 26.2 Å². The Labute approximate surface area is 100 Å². The number of aromatic nitrogens is 2. The van der Waals surface area contributed by atoms with Crippen molar-refractivity contribution < 1.29 is 14.6 Å². The van der Waals surface area contributed by atoms with Gasteiger partial charge in [-0.2, -0.15) is 0 Å². The number of hydrogen-bond acceptors (Lipinski definition) is 3. The van der Waals surface area contributed by atoms with Gasteiger partial charge in [0.2, 0.25) is 0 Å². The van der Waals surface area contributed by atoms with E-state index in [1.54, 1.807) is 0 Å². The molecule has 0 radical (unpaired) electrons. The van der Waals surface area contributed by atoms with Crippen LogP contribution in [0.15, 0.2) is 0 Å². The molecule has 1 aromatic rings. The molecule has 5 nitrogen and oxygen atoms in total. The maximum absolute atomic E-state index is 11.3. The van der Waals surface area contributed by atoms with Gasteiger partial charge in [-0.25, -0.2) is 9.78 Å². The Morgan fingerprint density at radius 2 is 2.35 bits per heavy atom. The predicted molar refractivity (Wildman–Crippen MR) is 62.2 cm³/mol. The Balaban J connectivity index is 2.46. The second-order valence-electron chi connectivity index (χ2n) is 4.16. The summed E-state index contributed by atoms with van der Waals surface area (Å²) in [7, 11) is 0. The Morgan fingerprint density at radius 1 is 1.59 bits per heavy atom. The highest BCUT2D eigenvalue weighted by Crippen LogP contribution is 2.30. The van der Waals surface area contributed by atoms with Gasteiger partial charge in [0.1, 0.15) is 11.9 Å². The average molecular weight is 238 g/mol. The molecular formula is C12H18N2O3. The molecule has 0 spiro atoms. The van der Waals surface area contributed by atoms with Gasteiger partial charge < -0.3 is 14.4 Å². The van der Waals surface area contributed by atoms with Crippen LogP contribution in [0.1, 0.15) is 54.8 Å². The van der Waals surface area contributed by atoms with Crippen LogP contribution < -0.4 is 0 Å². The van der Waals surface area contributed by atoms with Crippen molar-refractivity contribution >= 4 is 5.97 Å². The molecule has 5 heteroatoms. The summed E-state index contributed by atoms with van der Waals surface area (Å²) in [4.78, 5) is 15.7. The molecule has 1 N–H and O–H groups in total. The van der Waals surface area contributed by atoms with Crippen LogP contribution in [-0.4, -0.2) is 27.2 Å². The zero-order chi connectivity index (χ0) is 12.4. The van der Waals surface area contributed by atoms with Gasteiger partial charge in [-0.1, -0.05) is 6.92 Å². The molecule has 1 aliphatic rings. The van der Waals surface area contributed by atoms with E-state index >= 15 is 0 Å². The largest absolute Gasteiger partial charge is 0.477 e. The molecule has 94 valence electrons. The number of aryl methyl sites for hydroxylation is 1. The fourth-order valence-electron chi connectivity index (χ4n) is 2.40. The maximum Gasteiger partial charge on any atom is 0.354 e. The number of aromatic carboxylic acids is 1. The van der Waals surface area contributed by atoms with E-state index in [1.165, 1.54) is 0 Å². The number of fused-ring (bicyclic) bond motifs is 1. The standard InChI is InChI=1S/C12H18N2O3/c1-3-8-10(12(15)16)14-7-5-6-9(17-4-2)11(14)13-8/h9H,3-7H2,1-2H3,(H,15,16). The van der Waals surface area contributed by atoms with Crippen molar-refractivity contribution in [3.63, 3.8) is 0 Å². The minimum Gasteiger partial charge on any atom is -0.477 e. The molecule has 0 aromatic carbocycles. The zero-order valence-electron chi connectivity index (χ0n) is 10.3. The fourth-order valence-corrected chi connectivity index (χ4v) is 2.40. The van der Waals surface area contributed by atoms with Crippen LogP contribution in [0.3, 0.4) is 0 Å². The summed E-state index contributed by atoms with van der Waals surface area (Å²) in [5.41, 5.74) is 1.01. The SMILES string of the molecule is CCOC1CCCn2c1nc(CC)c2C(=O)O. The first-order valence-corrected chi connectivity index (χ1v) is 6.13. The van der Waals surface area contributed by atoms with Crippen LogP contribution >= 0.6 is 0 Å². The third-order valence-electron chi connectivity index (χ3n) is 3.11. The predicted octanol–water partition coefficient (Wildman–Crippen LogP) is 2.02. The van der Waals surface area contributed by atoms with Crippen LogP contribution in [0.4, 0.5) is 0 Å². The molecule has 2 rings (SSSR count). The maximum atomic E-state index is 11.3. The summed E-state index contributed by atoms with van der Waals surface area (Å²) in [6, 6.07) is 0. The highest BCUT2D eigenvalue weighted by Gasteiger charge is 2.29. The van der Waals surface area contributed by atoms with Crippen LogP contribution in [0, 0.1) is 0 Å². The van der Waals surface area contributed by atoms with E-state index in [-0.39, 0.29) is 6.10 Å². The van der Waals surface area contributed by atoms with Crippen molar-refractivity contribution in [2.24, 2.45) is 0 Å². The number of ether oxygens (including phenoxy) is 1. The van der Waals surface area contributed by atoms with E-state index in [1.807, 2.05) is 18.4 Å². The summed E-state index contributed by atoms with van der Waals surface area (Å²) in [5, 5.41) is 9.26. The number of rotatable bonds is 4. The molecule has 1 atom stereocenters. The van der Waals surface area contributed by atoms with Gasteiger partial charge in [-0.3, -0.25) is 0 Å². The zero-order valence-corrected chi connectivity index (χ0v) is 10.3. The van der Waals surface area contributed by atoms with Crippen molar-refractivity contribution in [3.8, 4) is 0 Å². The van der Waals surface area contributed by atoms with Gasteiger partial charge in [0.15, 0.2) is 5.69 Å². The second-order valence-corrected chi connectivity index (χ2v) is 4.16. The summed E-state index contributed by atoms with van der Waals surface area (Å²) in [6.07, 6.45) is 2.46. The normalized spacial score (nSPS) is 19.1. The van der Waals surface area contributed by atoms with Crippen LogP contribution in [0.5, 0.6) is 0 Å². The van der Waals surface area contributed by atoms with Crippen molar-refractivity contribution in [1.29, 1.82) is 0 Å². The molecule has 0 fully saturated rings. The Kier molecular flexibility index (Phi) is 3.47. The van der Waals surface area contributed by atoms with Crippen molar-refractivity contribution in [2.45, 2.75) is 45.8 Å². The number of nitrogens with zero attached hydrogens (tertiary/aromatic N) is 2. The van der Waals surface area contributed by atoms with Crippen LogP contribution in [0.2, 0.25) is 0 Å². The Bertz CT molecular complexity index is 426. The smallest absolute Gasteiger partial charge is 0.354 e. The van der Waals surface area contributed by atoms with Crippen LogP contribution in [-0.2, 0) is 17.7 Å². The molecular weight excluding hydrogens is 220 g/mol. The van der Waals surface area contributed by atoms with E-state index in [0.29, 0.717) is 24.4 Å². The van der Waals surface area contributed by atoms with Gasteiger partial charge in [0.25, 0.3) is 0 Å². The molecule has 0 aliphatic carbocycles. The number of carbonyl (C=O) groups is 1. The second kappa shape index (κ2) is 4.87. The molecule has 17 heavy (non-hydrogen) atoms. The molecule has 1 aromatic heterocycles. The van der Waals surface area contributed by atoms with Gasteiger partial charge in [-0.15, -0.1) is 0 Å². The summed E-state index contributed by atoms with van der Waals surface area (Å²) in [6.45, 7) is 5.23. The number of imidazole rings is 1. The summed E-state index contributed by atoms with van der Waals surface area (Å²) >= 11 is 0. The lowest BCUT2D eigenvalue weighted by atomic mass is 10.1. The summed E-state index contributed by atoms with van der Waals surface area (Å²) < 4.78 is 7.44. The quantitative estimate of drug-likeness (QED) is 0.871. The lowest BCUT2D eigenvalue weighted by Gasteiger charge is -2.23. The van der Waals surface area contributed by atoms with Crippen molar-refractivity contribution in [3.05, 3.63) is 17.2 Å². The first-order valence-electron chi connectivity index (χ1n) is 6.13. The van der Waals surface area contributed by atoms with E-state index < -0.39 is 5.97 Å². The lowest BCUT2D eigenvalue weighted by molar-refractivity contribution is 0.0357. The third-order valence-corrected chi connectivity index (χ3v) is 3.11. The highest BCUT2D eigenvalue weighted by atomic mass is 16.5. The van der Waals surface area contributed by atoms with Crippen molar-refractivity contribution in [1.82, 2.24) is 9.55 Å². The molecule has 0 amide bonds. The highest BCUT2D eigenvalue weighted by molar-refractivity contribution is 5.87.